The Labute approximate surface area is 130 Å². The highest BCUT2D eigenvalue weighted by atomic mass is 32.2. The highest BCUT2D eigenvalue weighted by Gasteiger charge is 2.52. The number of benzene rings is 1. The molecule has 0 heterocycles. The normalized spacial score (nSPS) is 19.2. The summed E-state index contributed by atoms with van der Waals surface area (Å²) in [7, 11) is -4.33. The second kappa shape index (κ2) is 6.37. The van der Waals surface area contributed by atoms with Crippen molar-refractivity contribution >= 4 is 26.0 Å². The van der Waals surface area contributed by atoms with Crippen LogP contribution in [0.3, 0.4) is 0 Å². The monoisotopic (exact) mass is 345 g/mol. The van der Waals surface area contributed by atoms with Gasteiger partial charge in [-0.25, -0.2) is 12.8 Å². The smallest absolute Gasteiger partial charge is 0.403 e. The topological polar surface area (TPSA) is 111 Å². The Morgan fingerprint density at radius 2 is 1.77 bits per heavy atom. The fourth-order valence-electron chi connectivity index (χ4n) is 2.69. The summed E-state index contributed by atoms with van der Waals surface area (Å²) >= 11 is -2.76. The molecule has 0 aromatic heterocycles. The first-order valence-corrected chi connectivity index (χ1v) is 9.23. The second-order valence-corrected chi connectivity index (χ2v) is 8.27. The Kier molecular flexibility index (Phi) is 4.91. The van der Waals surface area contributed by atoms with E-state index < -0.39 is 36.5 Å². The molecule has 1 aliphatic carbocycles. The van der Waals surface area contributed by atoms with Crippen molar-refractivity contribution in [2.24, 2.45) is 0 Å². The van der Waals surface area contributed by atoms with Gasteiger partial charge in [0, 0.05) is 0 Å². The lowest BCUT2D eigenvalue weighted by Crippen LogP contribution is -2.48. The van der Waals surface area contributed by atoms with Gasteiger partial charge in [-0.15, -0.1) is 0 Å². The number of nitrogens with zero attached hydrogens (tertiary/aromatic N) is 2. The van der Waals surface area contributed by atoms with Crippen molar-refractivity contribution in [3.8, 4) is 0 Å². The van der Waals surface area contributed by atoms with Crippen LogP contribution >= 0.6 is 0 Å². The molecule has 22 heavy (non-hydrogen) atoms. The second-order valence-electron chi connectivity index (χ2n) is 5.15. The minimum absolute atomic E-state index is 0.0724. The molecule has 1 atom stereocenters. The highest BCUT2D eigenvalue weighted by molar-refractivity contribution is 8.08. The van der Waals surface area contributed by atoms with E-state index in [1.165, 1.54) is 0 Å². The predicted octanol–water partition coefficient (Wildman–Crippen LogP) is 1.81. The molecule has 1 aromatic carbocycles. The fraction of sp³-hybridized carbons (Fsp3) is 0.462. The fourth-order valence-corrected chi connectivity index (χ4v) is 5.55. The summed E-state index contributed by atoms with van der Waals surface area (Å²) in [6, 6.07) is 3.92. The lowest BCUT2D eigenvalue weighted by Gasteiger charge is -2.34. The van der Waals surface area contributed by atoms with Gasteiger partial charge in [-0.05, 0) is 48.2 Å². The van der Waals surface area contributed by atoms with Gasteiger partial charge in [0.2, 0.25) is 0 Å². The van der Waals surface area contributed by atoms with E-state index in [2.05, 4.69) is 4.79 Å². The molecule has 0 N–H and O–H groups in total. The highest BCUT2D eigenvalue weighted by Crippen LogP contribution is 2.36. The van der Waals surface area contributed by atoms with Gasteiger partial charge >= 0.3 is 5.04 Å². The molecule has 0 radical (unpaired) electrons. The largest absolute Gasteiger partial charge is 0.771 e. The lowest BCUT2D eigenvalue weighted by atomic mass is 9.89. The van der Waals surface area contributed by atoms with E-state index >= 15 is 0 Å². The van der Waals surface area contributed by atoms with Gasteiger partial charge in [-0.2, -0.15) is 4.79 Å². The van der Waals surface area contributed by atoms with Gasteiger partial charge in [-0.3, -0.25) is 4.21 Å². The molecule has 120 valence electrons. The van der Waals surface area contributed by atoms with E-state index in [0.717, 1.165) is 30.7 Å². The van der Waals surface area contributed by atoms with Gasteiger partial charge < -0.3 is 10.1 Å². The molecule has 0 aliphatic heterocycles. The standard InChI is InChI=1S/C13H15FN2O4S2/c14-10-4-6-11(7-5-10)22(19,20)12(16-15)13(21(17)18)8-2-1-3-9-13/h4-7H,1-3,8-9H2,(H,17,18)/p-1. The average molecular weight is 345 g/mol. The maximum atomic E-state index is 12.9. The third-order valence-corrected chi connectivity index (χ3v) is 7.08. The summed E-state index contributed by atoms with van der Waals surface area (Å²) in [5.41, 5.74) is 9.21. The van der Waals surface area contributed by atoms with Crippen LogP contribution in [0.15, 0.2) is 29.2 Å². The van der Waals surface area contributed by atoms with Crippen LogP contribution in [-0.2, 0) is 20.9 Å². The zero-order valence-electron chi connectivity index (χ0n) is 11.6. The van der Waals surface area contributed by atoms with Gasteiger partial charge in [0.25, 0.3) is 9.84 Å². The Morgan fingerprint density at radius 3 is 2.23 bits per heavy atom. The first kappa shape index (κ1) is 17.0. The van der Waals surface area contributed by atoms with Crippen molar-refractivity contribution in [3.05, 3.63) is 35.6 Å². The van der Waals surface area contributed by atoms with Crippen LogP contribution in [0.5, 0.6) is 0 Å². The van der Waals surface area contributed by atoms with Gasteiger partial charge in [0.15, 0.2) is 0 Å². The Bertz CT molecular complexity index is 734. The van der Waals surface area contributed by atoms with Crippen molar-refractivity contribution in [2.45, 2.75) is 41.7 Å². The number of halogens is 1. The summed E-state index contributed by atoms with van der Waals surface area (Å²) in [5, 5.41) is -0.792. The van der Waals surface area contributed by atoms with Crippen LogP contribution in [0.25, 0.3) is 5.53 Å². The summed E-state index contributed by atoms with van der Waals surface area (Å²) in [5.74, 6) is -0.624. The number of hydrogen-bond donors (Lipinski definition) is 0. The van der Waals surface area contributed by atoms with Crippen molar-refractivity contribution < 1.29 is 26.4 Å². The number of hydrogen-bond acceptors (Lipinski definition) is 4. The van der Waals surface area contributed by atoms with Crippen LogP contribution in [0.2, 0.25) is 0 Å². The summed E-state index contributed by atoms with van der Waals surface area (Å²) in [6.07, 6.45) is 1.97. The van der Waals surface area contributed by atoms with Crippen molar-refractivity contribution in [1.82, 2.24) is 0 Å². The van der Waals surface area contributed by atoms with E-state index in [1.807, 2.05) is 0 Å². The van der Waals surface area contributed by atoms with E-state index in [1.54, 1.807) is 0 Å². The molecule has 0 bridgehead atoms. The van der Waals surface area contributed by atoms with Crippen molar-refractivity contribution in [1.29, 1.82) is 0 Å². The van der Waals surface area contributed by atoms with E-state index in [4.69, 9.17) is 0 Å². The minimum Gasteiger partial charge on any atom is -0.771 e. The third-order valence-electron chi connectivity index (χ3n) is 3.84. The van der Waals surface area contributed by atoms with Crippen LogP contribution < -0.4 is 0 Å². The Hall–Kier alpha value is -1.41. The first-order valence-electron chi connectivity index (χ1n) is 6.67. The Balaban J connectivity index is 2.57. The average Bonchev–Trinajstić information content (AvgIpc) is 2.49. The van der Waals surface area contributed by atoms with Gasteiger partial charge in [-0.1, -0.05) is 19.3 Å². The maximum absolute atomic E-state index is 12.9. The molecule has 6 nitrogen and oxygen atoms in total. The van der Waals surface area contributed by atoms with Gasteiger partial charge in [0.1, 0.15) is 10.6 Å². The molecule has 0 amide bonds. The van der Waals surface area contributed by atoms with Crippen LogP contribution in [0, 0.1) is 5.82 Å². The van der Waals surface area contributed by atoms with E-state index in [-0.39, 0.29) is 17.7 Å². The molecule has 0 saturated heterocycles. The molecule has 1 aromatic rings. The van der Waals surface area contributed by atoms with Crippen LogP contribution in [-0.4, -0.2) is 31.8 Å². The lowest BCUT2D eigenvalue weighted by molar-refractivity contribution is -0.00760. The Morgan fingerprint density at radius 1 is 1.23 bits per heavy atom. The van der Waals surface area contributed by atoms with E-state index in [9.17, 15) is 27.1 Å². The van der Waals surface area contributed by atoms with Crippen molar-refractivity contribution in [3.63, 3.8) is 0 Å². The molecule has 1 saturated carbocycles. The molecular weight excluding hydrogens is 331 g/mol. The molecule has 0 spiro atoms. The van der Waals surface area contributed by atoms with Crippen LogP contribution in [0.4, 0.5) is 4.39 Å². The summed E-state index contributed by atoms with van der Waals surface area (Å²) in [6.45, 7) is 0. The molecule has 1 fully saturated rings. The molecule has 9 heteroatoms. The van der Waals surface area contributed by atoms with Crippen molar-refractivity contribution in [2.75, 3.05) is 0 Å². The summed E-state index contributed by atoms with van der Waals surface area (Å²) in [4.78, 5) is 2.51. The number of rotatable bonds is 3. The molecule has 1 unspecified atom stereocenters. The minimum atomic E-state index is -4.33. The molecule has 2 rings (SSSR count). The zero-order valence-corrected chi connectivity index (χ0v) is 13.2. The van der Waals surface area contributed by atoms with Crippen LogP contribution in [0.1, 0.15) is 32.1 Å². The molecular formula is C13H14FN2O4S2-. The van der Waals surface area contributed by atoms with E-state index in [0.29, 0.717) is 12.8 Å². The summed E-state index contributed by atoms with van der Waals surface area (Å²) < 4.78 is 59.8. The number of sulfone groups is 1. The third kappa shape index (κ3) is 2.89. The molecule has 1 aliphatic rings. The predicted molar refractivity (Wildman–Crippen MR) is 76.9 cm³/mol. The SMILES string of the molecule is [N-]=[N+]=C(C1(S(=O)[O-])CCCCC1)S(=O)(=O)c1ccc(F)cc1. The first-order chi connectivity index (χ1) is 10.3. The zero-order chi connectivity index (χ0) is 16.4. The quantitative estimate of drug-likeness (QED) is 0.208. The maximum Gasteiger partial charge on any atom is 0.403 e. The van der Waals surface area contributed by atoms with Gasteiger partial charge in [0.05, 0.1) is 4.90 Å².